The number of nitrogens with two attached hydrogens (primary N) is 1. The van der Waals surface area contributed by atoms with Crippen molar-refractivity contribution in [2.75, 3.05) is 13.6 Å². The number of aromatic nitrogens is 1. The third-order valence-electron chi connectivity index (χ3n) is 4.85. The Kier molecular flexibility index (Phi) is 2.29. The first-order chi connectivity index (χ1) is 9.63. The normalized spacial score (nSPS) is 29.1. The molecule has 0 amide bonds. The number of hydrogen-bond donors (Lipinski definition) is 2. The molecule has 0 radical (unpaired) electrons. The summed E-state index contributed by atoms with van der Waals surface area (Å²) < 4.78 is 0. The first-order valence-corrected chi connectivity index (χ1v) is 7.08. The number of nitrogens with zero attached hydrogens (tertiary/aromatic N) is 1. The van der Waals surface area contributed by atoms with Crippen molar-refractivity contribution in [2.24, 2.45) is 11.7 Å². The number of hydrogen-bond acceptors (Lipinski definition) is 2. The van der Waals surface area contributed by atoms with Crippen LogP contribution in [0.5, 0.6) is 0 Å². The maximum Gasteiger partial charge on any atom is 0.0993 e. The monoisotopic (exact) mass is 265 g/mol. The largest absolute Gasteiger partial charge is 0.361 e. The molecule has 2 atom stereocenters. The van der Waals surface area contributed by atoms with Crippen molar-refractivity contribution < 1.29 is 0 Å². The number of benzene rings is 1. The predicted molar refractivity (Wildman–Crippen MR) is 83.2 cm³/mol. The number of rotatable bonds is 1. The summed E-state index contributed by atoms with van der Waals surface area (Å²) in [6.45, 7) is 4.87. The van der Waals surface area contributed by atoms with E-state index in [1.807, 2.05) is 6.08 Å². The Bertz CT molecular complexity index is 740. The summed E-state index contributed by atoms with van der Waals surface area (Å²) in [4.78, 5) is 5.63. The molecule has 20 heavy (non-hydrogen) atoms. The van der Waals surface area contributed by atoms with Gasteiger partial charge in [-0.25, -0.2) is 0 Å². The number of nitrogens with one attached hydrogen (secondary N) is 1. The fourth-order valence-electron chi connectivity index (χ4n) is 3.70. The number of H-pyrrole nitrogens is 1. The molecule has 0 spiro atoms. The summed E-state index contributed by atoms with van der Waals surface area (Å²) in [5.41, 5.74) is 11.4. The van der Waals surface area contributed by atoms with E-state index in [-0.39, 0.29) is 0 Å². The third-order valence-corrected chi connectivity index (χ3v) is 4.85. The Balaban J connectivity index is 2.04. The van der Waals surface area contributed by atoms with E-state index in [2.05, 4.69) is 54.0 Å². The van der Waals surface area contributed by atoms with Crippen LogP contribution in [0.4, 0.5) is 0 Å². The highest BCUT2D eigenvalue weighted by atomic mass is 15.3. The van der Waals surface area contributed by atoms with Crippen LogP contribution >= 0.6 is 0 Å². The highest BCUT2D eigenvalue weighted by Gasteiger charge is 2.43. The third kappa shape index (κ3) is 1.37. The molecule has 2 aliphatic rings. The van der Waals surface area contributed by atoms with E-state index in [0.29, 0.717) is 5.92 Å². The summed E-state index contributed by atoms with van der Waals surface area (Å²) in [5, 5.41) is 1.33. The van der Waals surface area contributed by atoms with Crippen LogP contribution in [-0.2, 0) is 6.42 Å². The van der Waals surface area contributed by atoms with Gasteiger partial charge >= 0.3 is 0 Å². The maximum absolute atomic E-state index is 6.78. The van der Waals surface area contributed by atoms with Gasteiger partial charge in [0.05, 0.1) is 5.66 Å². The molecular formula is C17H19N3. The second-order valence-corrected chi connectivity index (χ2v) is 6.00. The summed E-state index contributed by atoms with van der Waals surface area (Å²) in [6.07, 6.45) is 7.27. The molecule has 2 aromatic rings. The molecule has 3 N–H and O–H groups in total. The van der Waals surface area contributed by atoms with E-state index >= 15 is 0 Å². The van der Waals surface area contributed by atoms with Crippen LogP contribution in [0.3, 0.4) is 0 Å². The highest BCUT2D eigenvalue weighted by molar-refractivity contribution is 5.99. The van der Waals surface area contributed by atoms with Gasteiger partial charge in [-0.15, -0.1) is 6.58 Å². The van der Waals surface area contributed by atoms with Crippen LogP contribution in [0.15, 0.2) is 43.1 Å². The van der Waals surface area contributed by atoms with Crippen LogP contribution in [0.25, 0.3) is 16.5 Å². The van der Waals surface area contributed by atoms with Crippen molar-refractivity contribution >= 4 is 16.5 Å². The summed E-state index contributed by atoms with van der Waals surface area (Å²) >= 11 is 0. The molecule has 0 saturated heterocycles. The lowest BCUT2D eigenvalue weighted by Gasteiger charge is -2.47. The zero-order valence-corrected chi connectivity index (χ0v) is 11.7. The van der Waals surface area contributed by atoms with E-state index in [1.54, 1.807) is 0 Å². The summed E-state index contributed by atoms with van der Waals surface area (Å²) in [7, 11) is 2.11. The molecule has 1 aromatic heterocycles. The minimum atomic E-state index is -0.400. The Morgan fingerprint density at radius 1 is 1.50 bits per heavy atom. The number of fused-ring (bicyclic) bond motifs is 2. The van der Waals surface area contributed by atoms with Gasteiger partial charge in [0, 0.05) is 36.0 Å². The zero-order valence-electron chi connectivity index (χ0n) is 11.7. The molecule has 4 rings (SSSR count). The Labute approximate surface area is 118 Å². The SMILES string of the molecule is C=CC1C=C2c3cccc4[nH]cc(c34)CC2(N)N(C)C1. The van der Waals surface area contributed by atoms with Gasteiger partial charge in [0.15, 0.2) is 0 Å². The number of aromatic amines is 1. The minimum absolute atomic E-state index is 0.363. The van der Waals surface area contributed by atoms with E-state index in [4.69, 9.17) is 5.73 Å². The molecule has 0 saturated carbocycles. The molecule has 3 heteroatoms. The summed E-state index contributed by atoms with van der Waals surface area (Å²) in [6, 6.07) is 6.41. The fraction of sp³-hybridized carbons (Fsp3) is 0.294. The smallest absolute Gasteiger partial charge is 0.0993 e. The van der Waals surface area contributed by atoms with E-state index < -0.39 is 5.66 Å². The van der Waals surface area contributed by atoms with Gasteiger partial charge in [-0.05, 0) is 29.8 Å². The van der Waals surface area contributed by atoms with Crippen molar-refractivity contribution in [3.05, 3.63) is 54.3 Å². The lowest BCUT2D eigenvalue weighted by molar-refractivity contribution is 0.161. The second-order valence-electron chi connectivity index (χ2n) is 6.00. The lowest BCUT2D eigenvalue weighted by atomic mass is 9.76. The van der Waals surface area contributed by atoms with Crippen LogP contribution in [-0.4, -0.2) is 29.1 Å². The molecule has 2 heterocycles. The average Bonchev–Trinajstić information content (AvgIpc) is 2.85. The van der Waals surface area contributed by atoms with Crippen molar-refractivity contribution in [2.45, 2.75) is 12.1 Å². The van der Waals surface area contributed by atoms with Crippen LogP contribution < -0.4 is 5.73 Å². The van der Waals surface area contributed by atoms with Crippen molar-refractivity contribution in [3.63, 3.8) is 0 Å². The van der Waals surface area contributed by atoms with Crippen molar-refractivity contribution in [1.29, 1.82) is 0 Å². The highest BCUT2D eigenvalue weighted by Crippen LogP contribution is 2.44. The van der Waals surface area contributed by atoms with Gasteiger partial charge in [-0.1, -0.05) is 24.3 Å². The average molecular weight is 265 g/mol. The molecular weight excluding hydrogens is 246 g/mol. The minimum Gasteiger partial charge on any atom is -0.361 e. The molecule has 1 aromatic carbocycles. The zero-order chi connectivity index (χ0) is 13.9. The van der Waals surface area contributed by atoms with E-state index in [1.165, 1.54) is 27.6 Å². The van der Waals surface area contributed by atoms with Crippen molar-refractivity contribution in [1.82, 2.24) is 9.88 Å². The summed E-state index contributed by atoms with van der Waals surface area (Å²) in [5.74, 6) is 0.363. The van der Waals surface area contributed by atoms with Crippen molar-refractivity contribution in [3.8, 4) is 0 Å². The molecule has 2 unspecified atom stereocenters. The van der Waals surface area contributed by atoms with Crippen LogP contribution in [0, 0.1) is 5.92 Å². The lowest BCUT2D eigenvalue weighted by Crippen LogP contribution is -2.60. The van der Waals surface area contributed by atoms with E-state index in [9.17, 15) is 0 Å². The second kappa shape index (κ2) is 3.84. The van der Waals surface area contributed by atoms with Gasteiger partial charge in [-0.3, -0.25) is 4.90 Å². The maximum atomic E-state index is 6.78. The molecule has 0 bridgehead atoms. The molecule has 1 aliphatic carbocycles. The van der Waals surface area contributed by atoms with Gasteiger partial charge in [0.1, 0.15) is 0 Å². The molecule has 0 fully saturated rings. The van der Waals surface area contributed by atoms with Crippen LogP contribution in [0.2, 0.25) is 0 Å². The fourth-order valence-corrected chi connectivity index (χ4v) is 3.70. The van der Waals surface area contributed by atoms with E-state index in [0.717, 1.165) is 13.0 Å². The van der Waals surface area contributed by atoms with Crippen LogP contribution in [0.1, 0.15) is 11.1 Å². The standard InChI is InChI=1S/C17H19N3/c1-3-11-7-14-13-5-4-6-15-16(13)12(9-19-15)8-17(14,18)20(2)10-11/h3-7,9,11,19H,1,8,10,18H2,2H3. The van der Waals surface area contributed by atoms with Gasteiger partial charge in [-0.2, -0.15) is 0 Å². The Morgan fingerprint density at radius 2 is 2.35 bits per heavy atom. The molecule has 102 valence electrons. The quantitative estimate of drug-likeness (QED) is 0.778. The van der Waals surface area contributed by atoms with Gasteiger partial charge < -0.3 is 10.7 Å². The van der Waals surface area contributed by atoms with Gasteiger partial charge in [0.25, 0.3) is 0 Å². The Hall–Kier alpha value is -1.84. The first kappa shape index (κ1) is 11.9. The molecule has 3 nitrogen and oxygen atoms in total. The molecule has 1 aliphatic heterocycles. The number of likely N-dealkylation sites (N-methyl/N-ethyl adjacent to an activating group) is 1. The predicted octanol–water partition coefficient (Wildman–Crippen LogP) is 2.51. The topological polar surface area (TPSA) is 45.1 Å². The van der Waals surface area contributed by atoms with Gasteiger partial charge in [0.2, 0.25) is 0 Å². The Morgan fingerprint density at radius 3 is 3.15 bits per heavy atom. The first-order valence-electron chi connectivity index (χ1n) is 7.08.